The summed E-state index contributed by atoms with van der Waals surface area (Å²) in [5.41, 5.74) is 5.79. The summed E-state index contributed by atoms with van der Waals surface area (Å²) in [6, 6.07) is 5.98. The molecule has 2 N–H and O–H groups in total. The highest BCUT2D eigenvalue weighted by Gasteiger charge is 2.16. The number of hydrogen-bond acceptors (Lipinski definition) is 3. The Bertz CT molecular complexity index is 933. The van der Waals surface area contributed by atoms with Crippen molar-refractivity contribution in [2.24, 2.45) is 0 Å². The van der Waals surface area contributed by atoms with Crippen LogP contribution in [0.15, 0.2) is 67.7 Å². The molecular formula is C20H20N4. The summed E-state index contributed by atoms with van der Waals surface area (Å²) in [5, 5.41) is 4.28. The van der Waals surface area contributed by atoms with Crippen molar-refractivity contribution in [2.45, 2.75) is 6.92 Å². The molecule has 0 aliphatic rings. The average Bonchev–Trinajstić information content (AvgIpc) is 3.01. The first-order valence-corrected chi connectivity index (χ1v) is 7.77. The van der Waals surface area contributed by atoms with Crippen LogP contribution in [0.25, 0.3) is 27.7 Å². The van der Waals surface area contributed by atoms with Crippen molar-refractivity contribution in [3.63, 3.8) is 0 Å². The normalized spacial score (nSPS) is 11.5. The quantitative estimate of drug-likeness (QED) is 0.664. The molecule has 0 unspecified atom stereocenters. The number of rotatable bonds is 5. The molecule has 4 heteroatoms. The first-order chi connectivity index (χ1) is 11.7. The number of aromatic amines is 1. The molecule has 0 amide bonds. The van der Waals surface area contributed by atoms with Crippen molar-refractivity contribution in [3.05, 3.63) is 73.2 Å². The second-order valence-corrected chi connectivity index (χ2v) is 5.41. The summed E-state index contributed by atoms with van der Waals surface area (Å²) >= 11 is 0. The second-order valence-electron chi connectivity index (χ2n) is 5.41. The van der Waals surface area contributed by atoms with Crippen LogP contribution in [0.5, 0.6) is 0 Å². The fourth-order valence-corrected chi connectivity index (χ4v) is 2.83. The molecule has 0 atom stereocenters. The molecule has 3 rings (SSSR count). The molecule has 3 aromatic rings. The lowest BCUT2D eigenvalue weighted by Gasteiger charge is -2.09. The monoisotopic (exact) mass is 316 g/mol. The van der Waals surface area contributed by atoms with Crippen molar-refractivity contribution in [3.8, 4) is 11.3 Å². The van der Waals surface area contributed by atoms with Crippen molar-refractivity contribution < 1.29 is 0 Å². The van der Waals surface area contributed by atoms with E-state index in [1.165, 1.54) is 0 Å². The molecule has 0 aliphatic heterocycles. The lowest BCUT2D eigenvalue weighted by Crippen LogP contribution is -1.94. The fraction of sp³-hybridized carbons (Fsp3) is 0.100. The number of pyridine rings is 2. The summed E-state index contributed by atoms with van der Waals surface area (Å²) in [5.74, 6) is 0.918. The van der Waals surface area contributed by atoms with Crippen LogP contribution in [0.1, 0.15) is 12.5 Å². The van der Waals surface area contributed by atoms with E-state index in [2.05, 4.69) is 39.5 Å². The molecule has 4 nitrogen and oxygen atoms in total. The molecule has 0 aromatic carbocycles. The second kappa shape index (κ2) is 6.54. The van der Waals surface area contributed by atoms with Crippen LogP contribution in [0.2, 0.25) is 0 Å². The van der Waals surface area contributed by atoms with Gasteiger partial charge in [0.15, 0.2) is 0 Å². The summed E-state index contributed by atoms with van der Waals surface area (Å²) < 4.78 is 0. The number of anilines is 1. The predicted molar refractivity (Wildman–Crippen MR) is 102 cm³/mol. The summed E-state index contributed by atoms with van der Waals surface area (Å²) in [6.45, 7) is 10.1. The van der Waals surface area contributed by atoms with Gasteiger partial charge in [-0.2, -0.15) is 0 Å². The Morgan fingerprint density at radius 1 is 1.33 bits per heavy atom. The highest BCUT2D eigenvalue weighted by atomic mass is 15.0. The van der Waals surface area contributed by atoms with Crippen LogP contribution in [0.3, 0.4) is 0 Å². The first kappa shape index (κ1) is 15.7. The van der Waals surface area contributed by atoms with E-state index in [1.54, 1.807) is 6.20 Å². The maximum atomic E-state index is 4.55. The zero-order valence-corrected chi connectivity index (χ0v) is 13.9. The first-order valence-electron chi connectivity index (χ1n) is 7.77. The highest BCUT2D eigenvalue weighted by molar-refractivity contribution is 6.03. The minimum absolute atomic E-state index is 0.881. The van der Waals surface area contributed by atoms with Gasteiger partial charge in [0.1, 0.15) is 5.82 Å². The molecule has 24 heavy (non-hydrogen) atoms. The third-order valence-electron chi connectivity index (χ3n) is 4.07. The van der Waals surface area contributed by atoms with Crippen molar-refractivity contribution in [2.75, 3.05) is 12.4 Å². The maximum absolute atomic E-state index is 4.55. The van der Waals surface area contributed by atoms with Crippen molar-refractivity contribution in [1.29, 1.82) is 0 Å². The van der Waals surface area contributed by atoms with Gasteiger partial charge in [0, 0.05) is 36.0 Å². The highest BCUT2D eigenvalue weighted by Crippen LogP contribution is 2.36. The van der Waals surface area contributed by atoms with E-state index in [1.807, 2.05) is 50.6 Å². The number of H-pyrrole nitrogens is 1. The summed E-state index contributed by atoms with van der Waals surface area (Å²) in [4.78, 5) is 12.1. The minimum atomic E-state index is 0.881. The standard InChI is InChI=1S/C20H20N4/c1-5-14(6-2)13(3)19-16-10-17(15-8-7-9-22-11-15)23-12-18(16)24-20(19)21-4/h5-12,21,24H,1,3H2,2,4H3/b14-6+. The van der Waals surface area contributed by atoms with Gasteiger partial charge >= 0.3 is 0 Å². The van der Waals surface area contributed by atoms with Gasteiger partial charge < -0.3 is 10.3 Å². The van der Waals surface area contributed by atoms with Gasteiger partial charge in [0.2, 0.25) is 0 Å². The van der Waals surface area contributed by atoms with E-state index >= 15 is 0 Å². The van der Waals surface area contributed by atoms with Gasteiger partial charge in [-0.15, -0.1) is 0 Å². The van der Waals surface area contributed by atoms with Gasteiger partial charge in [0.05, 0.1) is 17.4 Å². The molecule has 3 heterocycles. The topological polar surface area (TPSA) is 53.6 Å². The number of nitrogens with one attached hydrogen (secondary N) is 2. The van der Waals surface area contributed by atoms with Gasteiger partial charge in [-0.1, -0.05) is 25.3 Å². The number of nitrogens with zero attached hydrogens (tertiary/aromatic N) is 2. The van der Waals surface area contributed by atoms with Crippen LogP contribution < -0.4 is 5.32 Å². The van der Waals surface area contributed by atoms with E-state index in [4.69, 9.17) is 0 Å². The van der Waals surface area contributed by atoms with Crippen molar-refractivity contribution in [1.82, 2.24) is 15.0 Å². The Morgan fingerprint density at radius 3 is 2.79 bits per heavy atom. The Kier molecular flexibility index (Phi) is 4.29. The lowest BCUT2D eigenvalue weighted by molar-refractivity contribution is 1.28. The molecule has 120 valence electrons. The smallest absolute Gasteiger partial charge is 0.112 e. The molecule has 0 bridgehead atoms. The molecule has 0 spiro atoms. The number of fused-ring (bicyclic) bond motifs is 1. The van der Waals surface area contributed by atoms with E-state index in [9.17, 15) is 0 Å². The zero-order chi connectivity index (χ0) is 17.1. The summed E-state index contributed by atoms with van der Waals surface area (Å²) in [6.07, 6.45) is 9.25. The molecule has 0 fully saturated rings. The fourth-order valence-electron chi connectivity index (χ4n) is 2.83. The van der Waals surface area contributed by atoms with Gasteiger partial charge in [-0.3, -0.25) is 9.97 Å². The molecule has 0 saturated heterocycles. The van der Waals surface area contributed by atoms with Crippen molar-refractivity contribution >= 4 is 22.3 Å². The Labute approximate surface area is 141 Å². The van der Waals surface area contributed by atoms with E-state index in [0.717, 1.165) is 44.7 Å². The van der Waals surface area contributed by atoms with Gasteiger partial charge in [-0.05, 0) is 36.3 Å². The predicted octanol–water partition coefficient (Wildman–Crippen LogP) is 4.81. The van der Waals surface area contributed by atoms with Gasteiger partial charge in [-0.25, -0.2) is 0 Å². The average molecular weight is 316 g/mol. The summed E-state index contributed by atoms with van der Waals surface area (Å²) in [7, 11) is 1.89. The zero-order valence-electron chi connectivity index (χ0n) is 13.9. The third kappa shape index (κ3) is 2.63. The van der Waals surface area contributed by atoms with Crippen LogP contribution in [-0.2, 0) is 0 Å². The van der Waals surface area contributed by atoms with Crippen LogP contribution in [0.4, 0.5) is 5.82 Å². The molecule has 0 aliphatic carbocycles. The number of aromatic nitrogens is 3. The molecule has 3 aromatic heterocycles. The molecule has 0 saturated carbocycles. The third-order valence-corrected chi connectivity index (χ3v) is 4.07. The Balaban J connectivity index is 2.23. The SMILES string of the molecule is C=C/C(=C\C)C(=C)c1c(NC)[nH]c2cnc(-c3cccnc3)cc12. The Morgan fingerprint density at radius 2 is 2.17 bits per heavy atom. The van der Waals surface area contributed by atoms with Gasteiger partial charge in [0.25, 0.3) is 0 Å². The van der Waals surface area contributed by atoms with E-state index < -0.39 is 0 Å². The Hall–Kier alpha value is -3.14. The van der Waals surface area contributed by atoms with Crippen LogP contribution in [-0.4, -0.2) is 22.0 Å². The van der Waals surface area contributed by atoms with E-state index in [0.29, 0.717) is 0 Å². The lowest BCUT2D eigenvalue weighted by atomic mass is 9.97. The van der Waals surface area contributed by atoms with E-state index in [-0.39, 0.29) is 0 Å². The largest absolute Gasteiger partial charge is 0.374 e. The number of hydrogen-bond donors (Lipinski definition) is 2. The van der Waals surface area contributed by atoms with Crippen LogP contribution >= 0.6 is 0 Å². The maximum Gasteiger partial charge on any atom is 0.112 e. The molecule has 0 radical (unpaired) electrons. The minimum Gasteiger partial charge on any atom is -0.374 e. The number of allylic oxidation sites excluding steroid dienone is 4. The van der Waals surface area contributed by atoms with Crippen LogP contribution in [0, 0.1) is 0 Å². The molecular weight excluding hydrogens is 296 g/mol.